The zero-order valence-electron chi connectivity index (χ0n) is 7.69. The number of anilines is 1. The van der Waals surface area contributed by atoms with Crippen LogP contribution in [-0.2, 0) is 16.1 Å². The number of nitrogens with one attached hydrogen (secondary N) is 1. The van der Waals surface area contributed by atoms with Crippen LogP contribution in [0.4, 0.5) is 5.13 Å². The lowest BCUT2D eigenvalue weighted by atomic mass is 10.3. The van der Waals surface area contributed by atoms with Crippen LogP contribution in [0.3, 0.4) is 0 Å². The highest BCUT2D eigenvalue weighted by atomic mass is 32.1. The normalized spacial score (nSPS) is 10.1. The van der Waals surface area contributed by atoms with Crippen molar-refractivity contribution in [2.45, 2.75) is 19.8 Å². The predicted molar refractivity (Wildman–Crippen MR) is 51.1 cm³/mol. The van der Waals surface area contributed by atoms with Gasteiger partial charge in [0.05, 0.1) is 0 Å². The molecule has 1 rings (SSSR count). The summed E-state index contributed by atoms with van der Waals surface area (Å²) in [6.45, 7) is 1.64. The largest absolute Gasteiger partial charge is 0.479 e. The number of aliphatic carboxylic acids is 1. The summed E-state index contributed by atoms with van der Waals surface area (Å²) in [5.74, 6) is -0.283. The van der Waals surface area contributed by atoms with Crippen molar-refractivity contribution in [2.24, 2.45) is 0 Å². The van der Waals surface area contributed by atoms with Crippen LogP contribution in [0.25, 0.3) is 0 Å². The number of hydrogen-bond acceptors (Lipinski definition) is 6. The number of aromatic nitrogens is 2. The van der Waals surface area contributed by atoms with Gasteiger partial charge >= 0.3 is 5.97 Å². The van der Waals surface area contributed by atoms with Crippen LogP contribution in [0.2, 0.25) is 0 Å². The highest BCUT2D eigenvalue weighted by molar-refractivity contribution is 7.09. The molecule has 6 nitrogen and oxygen atoms in total. The van der Waals surface area contributed by atoms with E-state index in [0.717, 1.165) is 30.2 Å². The molecule has 14 heavy (non-hydrogen) atoms. The molecule has 0 unspecified atom stereocenters. The van der Waals surface area contributed by atoms with Crippen molar-refractivity contribution in [3.05, 3.63) is 5.82 Å². The smallest absolute Gasteiger partial charge is 0.332 e. The Morgan fingerprint density at radius 2 is 2.50 bits per heavy atom. The van der Waals surface area contributed by atoms with Gasteiger partial charge in [0.15, 0.2) is 6.61 Å². The number of carboxylic acid groups (broad SMARTS) is 1. The highest BCUT2D eigenvalue weighted by Crippen LogP contribution is 2.11. The number of aryl methyl sites for hydroxylation is 1. The molecule has 0 amide bonds. The maximum atomic E-state index is 10.1. The number of rotatable bonds is 6. The molecule has 0 spiro atoms. The second-order valence-corrected chi connectivity index (χ2v) is 3.30. The Morgan fingerprint density at radius 3 is 3.14 bits per heavy atom. The average Bonchev–Trinajstić information content (AvgIpc) is 2.53. The Morgan fingerprint density at radius 1 is 1.71 bits per heavy atom. The molecule has 0 aromatic carbocycles. The van der Waals surface area contributed by atoms with Gasteiger partial charge in [-0.1, -0.05) is 6.92 Å². The third-order valence-electron chi connectivity index (χ3n) is 1.30. The standard InChI is InChI=1S/C7H11N3O3S/c1-2-3-5-8-7(14-10-5)9-13-4-6(11)12/h2-4H2,1H3,(H,11,12)(H,8,9,10). The molecule has 1 aromatic heterocycles. The summed E-state index contributed by atoms with van der Waals surface area (Å²) in [6.07, 6.45) is 1.79. The molecule has 0 aliphatic heterocycles. The minimum atomic E-state index is -1.03. The molecular weight excluding hydrogens is 206 g/mol. The van der Waals surface area contributed by atoms with Gasteiger partial charge in [0, 0.05) is 18.0 Å². The third-order valence-corrected chi connectivity index (χ3v) is 1.95. The van der Waals surface area contributed by atoms with Crippen LogP contribution >= 0.6 is 11.5 Å². The molecular formula is C7H11N3O3S. The van der Waals surface area contributed by atoms with Crippen molar-refractivity contribution in [2.75, 3.05) is 12.1 Å². The molecule has 2 N–H and O–H groups in total. The van der Waals surface area contributed by atoms with Gasteiger partial charge in [0.25, 0.3) is 0 Å². The Bertz CT molecular complexity index is 302. The molecule has 0 saturated heterocycles. The van der Waals surface area contributed by atoms with E-state index in [1.54, 1.807) is 0 Å². The molecule has 7 heteroatoms. The minimum absolute atomic E-state index is 0.400. The summed E-state index contributed by atoms with van der Waals surface area (Å²) in [7, 11) is 0. The molecule has 1 aromatic rings. The van der Waals surface area contributed by atoms with E-state index in [1.807, 2.05) is 6.92 Å². The van der Waals surface area contributed by atoms with E-state index in [9.17, 15) is 4.79 Å². The maximum absolute atomic E-state index is 10.1. The zero-order chi connectivity index (χ0) is 10.4. The highest BCUT2D eigenvalue weighted by Gasteiger charge is 2.03. The van der Waals surface area contributed by atoms with Gasteiger partial charge in [0.2, 0.25) is 5.13 Å². The van der Waals surface area contributed by atoms with E-state index in [1.165, 1.54) is 0 Å². The Balaban J connectivity index is 2.32. The zero-order valence-corrected chi connectivity index (χ0v) is 8.50. The second kappa shape index (κ2) is 5.51. The third kappa shape index (κ3) is 3.67. The fraction of sp³-hybridized carbons (Fsp3) is 0.571. The molecule has 78 valence electrons. The average molecular weight is 217 g/mol. The quantitative estimate of drug-likeness (QED) is 0.689. The lowest BCUT2D eigenvalue weighted by Crippen LogP contribution is -2.11. The van der Waals surface area contributed by atoms with E-state index in [4.69, 9.17) is 5.11 Å². The van der Waals surface area contributed by atoms with Gasteiger partial charge < -0.3 is 5.11 Å². The van der Waals surface area contributed by atoms with Crippen molar-refractivity contribution >= 4 is 22.6 Å². The Hall–Kier alpha value is -1.21. The summed E-state index contributed by atoms with van der Waals surface area (Å²) in [5, 5.41) is 8.76. The lowest BCUT2D eigenvalue weighted by molar-refractivity contribution is -0.141. The second-order valence-electron chi connectivity index (χ2n) is 2.55. The Labute approximate surface area is 85.1 Å². The minimum Gasteiger partial charge on any atom is -0.479 e. The molecule has 0 atom stereocenters. The molecule has 0 radical (unpaired) electrons. The lowest BCUT2D eigenvalue weighted by Gasteiger charge is -1.98. The molecule has 0 saturated carbocycles. The molecule has 0 fully saturated rings. The summed E-state index contributed by atoms with van der Waals surface area (Å²) >= 11 is 1.15. The van der Waals surface area contributed by atoms with E-state index >= 15 is 0 Å². The van der Waals surface area contributed by atoms with Gasteiger partial charge in [-0.15, -0.1) is 0 Å². The monoisotopic (exact) mass is 217 g/mol. The van der Waals surface area contributed by atoms with Crippen molar-refractivity contribution in [3.8, 4) is 0 Å². The first-order chi connectivity index (χ1) is 6.72. The first-order valence-corrected chi connectivity index (χ1v) is 4.92. The first-order valence-electron chi connectivity index (χ1n) is 4.14. The van der Waals surface area contributed by atoms with Crippen molar-refractivity contribution in [3.63, 3.8) is 0 Å². The fourth-order valence-electron chi connectivity index (χ4n) is 0.780. The van der Waals surface area contributed by atoms with Crippen LogP contribution in [0.1, 0.15) is 19.2 Å². The van der Waals surface area contributed by atoms with Crippen molar-refractivity contribution in [1.82, 2.24) is 9.36 Å². The van der Waals surface area contributed by atoms with E-state index in [-0.39, 0.29) is 0 Å². The van der Waals surface area contributed by atoms with Crippen LogP contribution in [0.15, 0.2) is 0 Å². The van der Waals surface area contributed by atoms with E-state index in [2.05, 4.69) is 19.7 Å². The van der Waals surface area contributed by atoms with Crippen LogP contribution in [-0.4, -0.2) is 27.0 Å². The molecule has 1 heterocycles. The summed E-state index contributed by atoms with van der Waals surface area (Å²) < 4.78 is 4.04. The SMILES string of the molecule is CCCc1nsc(NOCC(=O)O)n1. The van der Waals surface area contributed by atoms with Gasteiger partial charge in [-0.2, -0.15) is 4.37 Å². The number of carbonyl (C=O) groups is 1. The van der Waals surface area contributed by atoms with Gasteiger partial charge in [0.1, 0.15) is 5.82 Å². The van der Waals surface area contributed by atoms with Crippen molar-refractivity contribution in [1.29, 1.82) is 0 Å². The van der Waals surface area contributed by atoms with Crippen molar-refractivity contribution < 1.29 is 14.7 Å². The molecule has 0 aliphatic carbocycles. The Kier molecular flexibility index (Phi) is 4.27. The van der Waals surface area contributed by atoms with Crippen LogP contribution in [0, 0.1) is 0 Å². The van der Waals surface area contributed by atoms with E-state index < -0.39 is 12.6 Å². The fourth-order valence-corrected chi connectivity index (χ4v) is 1.35. The number of carboxylic acids is 1. The molecule has 0 aliphatic rings. The predicted octanol–water partition coefficient (Wildman–Crippen LogP) is 0.919. The number of nitrogens with zero attached hydrogens (tertiary/aromatic N) is 2. The van der Waals surface area contributed by atoms with E-state index in [0.29, 0.717) is 5.13 Å². The summed E-state index contributed by atoms with van der Waals surface area (Å²) in [6, 6.07) is 0. The van der Waals surface area contributed by atoms with Gasteiger partial charge in [-0.05, 0) is 6.42 Å². The molecule has 0 bridgehead atoms. The number of hydrogen-bond donors (Lipinski definition) is 2. The first kappa shape index (κ1) is 10.9. The summed E-state index contributed by atoms with van der Waals surface area (Å²) in [5.41, 5.74) is 2.42. The topological polar surface area (TPSA) is 84.3 Å². The van der Waals surface area contributed by atoms with Gasteiger partial charge in [-0.25, -0.2) is 15.3 Å². The van der Waals surface area contributed by atoms with Gasteiger partial charge in [-0.3, -0.25) is 4.84 Å². The van der Waals surface area contributed by atoms with Crippen LogP contribution in [0.5, 0.6) is 0 Å². The van der Waals surface area contributed by atoms with Crippen LogP contribution < -0.4 is 5.48 Å². The summed E-state index contributed by atoms with van der Waals surface area (Å²) in [4.78, 5) is 18.8. The maximum Gasteiger partial charge on any atom is 0.332 e.